The van der Waals surface area contributed by atoms with E-state index in [2.05, 4.69) is 51.9 Å². The molecule has 2 saturated heterocycles. The Bertz CT molecular complexity index is 1900. The van der Waals surface area contributed by atoms with Gasteiger partial charge in [0.2, 0.25) is 0 Å². The van der Waals surface area contributed by atoms with Crippen molar-refractivity contribution in [3.8, 4) is 22.6 Å². The molecule has 274 valence electrons. The molecule has 7 rings (SSSR count). The first-order valence-electron chi connectivity index (χ1n) is 18.3. The Morgan fingerprint density at radius 3 is 2.32 bits per heavy atom. The molecule has 2 heterocycles. The highest BCUT2D eigenvalue weighted by Gasteiger charge is 2.35. The minimum absolute atomic E-state index is 0.0113. The van der Waals surface area contributed by atoms with Crippen LogP contribution in [0, 0.1) is 0 Å². The number of hydrogen-bond donors (Lipinski definition) is 3. The number of methoxy groups -OCH3 is 1. The number of nitrogens with one attached hydrogen (secondary N) is 2. The molecule has 9 nitrogen and oxygen atoms in total. The van der Waals surface area contributed by atoms with Crippen molar-refractivity contribution in [2.75, 3.05) is 32.1 Å². The molecule has 5 aromatic carbocycles. The van der Waals surface area contributed by atoms with Gasteiger partial charge in [0.15, 0.2) is 6.29 Å². The lowest BCUT2D eigenvalue weighted by Crippen LogP contribution is -2.42. The van der Waals surface area contributed by atoms with Crippen LogP contribution in [0.2, 0.25) is 0 Å². The van der Waals surface area contributed by atoms with Crippen LogP contribution in [0.5, 0.6) is 11.5 Å². The monoisotopic (exact) mass is 713 g/mol. The number of urea groups is 1. The summed E-state index contributed by atoms with van der Waals surface area (Å²) in [6, 6.07) is 41.5. The maximum absolute atomic E-state index is 12.7. The van der Waals surface area contributed by atoms with Gasteiger partial charge in [-0.05, 0) is 89.7 Å². The number of rotatable bonds is 13. The number of carbonyl (C=O) groups excluding carboxylic acids is 1. The van der Waals surface area contributed by atoms with Gasteiger partial charge in [0.25, 0.3) is 0 Å². The SMILES string of the molecule is COCC1CCCN1CC1CC(c2ccc(CO)cc2)OC(c2ccc(-c3cccc(CNC(=O)Nc4ccc(Oc5ccccc5)cc4)c3)cc2)O1. The summed E-state index contributed by atoms with van der Waals surface area (Å²) in [5.74, 6) is 1.45. The first-order chi connectivity index (χ1) is 26.0. The fourth-order valence-electron chi connectivity index (χ4n) is 7.09. The summed E-state index contributed by atoms with van der Waals surface area (Å²) in [6.45, 7) is 2.99. The number of carbonyl (C=O) groups is 1. The van der Waals surface area contributed by atoms with Gasteiger partial charge in [0.05, 0.1) is 25.4 Å². The van der Waals surface area contributed by atoms with E-state index in [9.17, 15) is 9.90 Å². The van der Waals surface area contributed by atoms with E-state index in [1.165, 1.54) is 6.42 Å². The molecule has 2 fully saturated rings. The summed E-state index contributed by atoms with van der Waals surface area (Å²) < 4.78 is 24.6. The van der Waals surface area contributed by atoms with Gasteiger partial charge in [-0.15, -0.1) is 0 Å². The van der Waals surface area contributed by atoms with Crippen molar-refractivity contribution in [3.63, 3.8) is 0 Å². The number of hydrogen-bond acceptors (Lipinski definition) is 7. The summed E-state index contributed by atoms with van der Waals surface area (Å²) >= 11 is 0. The predicted molar refractivity (Wildman–Crippen MR) is 206 cm³/mol. The number of likely N-dealkylation sites (tertiary alicyclic amines) is 1. The molecule has 0 aliphatic carbocycles. The van der Waals surface area contributed by atoms with E-state index < -0.39 is 6.29 Å². The highest BCUT2D eigenvalue weighted by Crippen LogP contribution is 2.39. The van der Waals surface area contributed by atoms with Crippen molar-refractivity contribution < 1.29 is 28.8 Å². The zero-order valence-corrected chi connectivity index (χ0v) is 30.0. The second-order valence-electron chi connectivity index (χ2n) is 13.7. The molecule has 3 N–H and O–H groups in total. The van der Waals surface area contributed by atoms with Gasteiger partial charge in [0.1, 0.15) is 11.5 Å². The topological polar surface area (TPSA) is 102 Å². The summed E-state index contributed by atoms with van der Waals surface area (Å²) in [5, 5.41) is 15.4. The minimum Gasteiger partial charge on any atom is -0.457 e. The van der Waals surface area contributed by atoms with E-state index in [1.807, 2.05) is 91.0 Å². The Morgan fingerprint density at radius 1 is 0.811 bits per heavy atom. The smallest absolute Gasteiger partial charge is 0.319 e. The molecule has 0 spiro atoms. The van der Waals surface area contributed by atoms with Crippen LogP contribution in [-0.4, -0.2) is 55.0 Å². The van der Waals surface area contributed by atoms with Gasteiger partial charge in [-0.25, -0.2) is 4.79 Å². The minimum atomic E-state index is -0.518. The first kappa shape index (κ1) is 36.3. The first-order valence-corrected chi connectivity index (χ1v) is 18.3. The standard InChI is InChI=1S/C44H47N3O6/c1-50-30-38-9-6-24-47(38)28-41-26-42(34-14-12-31(29-48)13-15-34)53-43(52-41)35-18-16-33(17-19-35)36-8-5-7-32(25-36)27-45-44(49)46-37-20-22-40(23-21-37)51-39-10-3-2-4-11-39/h2-5,7-8,10-23,25,38,41-43,48H,6,9,24,26-30H2,1H3,(H2,45,46,49). The van der Waals surface area contributed by atoms with Crippen molar-refractivity contribution in [1.29, 1.82) is 0 Å². The lowest BCUT2D eigenvalue weighted by Gasteiger charge is -2.38. The van der Waals surface area contributed by atoms with Crippen molar-refractivity contribution in [1.82, 2.24) is 10.2 Å². The number of aliphatic hydroxyl groups is 1. The Hall–Kier alpha value is -5.03. The van der Waals surface area contributed by atoms with Gasteiger partial charge < -0.3 is 34.7 Å². The summed E-state index contributed by atoms with van der Waals surface area (Å²) in [7, 11) is 1.77. The molecule has 2 aliphatic heterocycles. The Kier molecular flexibility index (Phi) is 12.1. The molecular weight excluding hydrogens is 666 g/mol. The van der Waals surface area contributed by atoms with Crippen molar-refractivity contribution in [2.24, 2.45) is 0 Å². The quantitative estimate of drug-likeness (QED) is 0.112. The summed E-state index contributed by atoms with van der Waals surface area (Å²) in [6.07, 6.45) is 2.39. The van der Waals surface area contributed by atoms with Crippen molar-refractivity contribution >= 4 is 11.7 Å². The Labute approximate surface area is 311 Å². The van der Waals surface area contributed by atoms with Crippen LogP contribution < -0.4 is 15.4 Å². The van der Waals surface area contributed by atoms with Crippen LogP contribution in [0.3, 0.4) is 0 Å². The lowest BCUT2D eigenvalue weighted by atomic mass is 9.99. The number of aliphatic hydroxyl groups excluding tert-OH is 1. The Morgan fingerprint density at radius 2 is 1.57 bits per heavy atom. The van der Waals surface area contributed by atoms with Gasteiger partial charge in [-0.3, -0.25) is 4.90 Å². The summed E-state index contributed by atoms with van der Waals surface area (Å²) in [5.41, 5.74) is 6.68. The maximum atomic E-state index is 12.7. The normalized spacial score (nSPS) is 20.2. The molecule has 0 radical (unpaired) electrons. The van der Waals surface area contributed by atoms with Crippen LogP contribution >= 0.6 is 0 Å². The van der Waals surface area contributed by atoms with E-state index in [0.717, 1.165) is 71.7 Å². The second kappa shape index (κ2) is 17.7. The zero-order valence-electron chi connectivity index (χ0n) is 30.0. The van der Waals surface area contributed by atoms with Crippen molar-refractivity contribution in [3.05, 3.63) is 150 Å². The molecule has 2 amide bonds. The van der Waals surface area contributed by atoms with Gasteiger partial charge >= 0.3 is 6.03 Å². The number of benzene rings is 5. The summed E-state index contributed by atoms with van der Waals surface area (Å²) in [4.78, 5) is 15.2. The molecule has 4 unspecified atom stereocenters. The molecular formula is C44H47N3O6. The molecule has 2 aliphatic rings. The average molecular weight is 714 g/mol. The molecule has 5 aromatic rings. The average Bonchev–Trinajstić information content (AvgIpc) is 3.64. The molecule has 0 aromatic heterocycles. The fourth-order valence-corrected chi connectivity index (χ4v) is 7.09. The van der Waals surface area contributed by atoms with Gasteiger partial charge in [-0.2, -0.15) is 0 Å². The zero-order chi connectivity index (χ0) is 36.4. The largest absolute Gasteiger partial charge is 0.457 e. The Balaban J connectivity index is 0.974. The van der Waals surface area contributed by atoms with Crippen LogP contribution in [-0.2, 0) is 27.4 Å². The van der Waals surface area contributed by atoms with E-state index in [-0.39, 0.29) is 24.8 Å². The van der Waals surface area contributed by atoms with Crippen LogP contribution in [0.25, 0.3) is 11.1 Å². The lowest BCUT2D eigenvalue weighted by molar-refractivity contribution is -0.253. The fraction of sp³-hybridized carbons (Fsp3) is 0.295. The van der Waals surface area contributed by atoms with Crippen LogP contribution in [0.15, 0.2) is 127 Å². The van der Waals surface area contributed by atoms with Gasteiger partial charge in [0, 0.05) is 43.9 Å². The molecule has 9 heteroatoms. The number of anilines is 1. The maximum Gasteiger partial charge on any atom is 0.319 e. The van der Waals surface area contributed by atoms with Crippen LogP contribution in [0.1, 0.15) is 53.9 Å². The molecule has 0 saturated carbocycles. The van der Waals surface area contributed by atoms with E-state index in [1.54, 1.807) is 7.11 Å². The molecule has 4 atom stereocenters. The number of amides is 2. The third-order valence-corrected chi connectivity index (χ3v) is 9.90. The van der Waals surface area contributed by atoms with E-state index in [0.29, 0.717) is 24.0 Å². The third-order valence-electron chi connectivity index (χ3n) is 9.90. The van der Waals surface area contributed by atoms with Crippen molar-refractivity contribution in [2.45, 2.75) is 57.0 Å². The third kappa shape index (κ3) is 9.70. The number of ether oxygens (including phenoxy) is 4. The van der Waals surface area contributed by atoms with E-state index in [4.69, 9.17) is 18.9 Å². The molecule has 53 heavy (non-hydrogen) atoms. The molecule has 0 bridgehead atoms. The van der Waals surface area contributed by atoms with E-state index >= 15 is 0 Å². The van der Waals surface area contributed by atoms with Crippen LogP contribution in [0.4, 0.5) is 10.5 Å². The van der Waals surface area contributed by atoms with Gasteiger partial charge in [-0.1, -0.05) is 84.9 Å². The second-order valence-corrected chi connectivity index (χ2v) is 13.7. The highest BCUT2D eigenvalue weighted by molar-refractivity contribution is 5.89. The predicted octanol–water partition coefficient (Wildman–Crippen LogP) is 8.62. The highest BCUT2D eigenvalue weighted by atomic mass is 16.7. The number of nitrogens with zero attached hydrogens (tertiary/aromatic N) is 1. The number of para-hydroxylation sites is 1.